The lowest BCUT2D eigenvalue weighted by molar-refractivity contribution is -0.129. The number of esters is 1. The highest BCUT2D eigenvalue weighted by Gasteiger charge is 2.24. The van der Waals surface area contributed by atoms with Crippen molar-refractivity contribution in [1.29, 1.82) is 0 Å². The molecule has 154 valence electrons. The van der Waals surface area contributed by atoms with Gasteiger partial charge in [0.25, 0.3) is 0 Å². The Kier molecular flexibility index (Phi) is 7.62. The van der Waals surface area contributed by atoms with Crippen molar-refractivity contribution >= 4 is 35.1 Å². The maximum absolute atomic E-state index is 12.6. The Morgan fingerprint density at radius 2 is 1.66 bits per heavy atom. The average molecular weight is 414 g/mol. The number of thioether (sulfide) groups is 1. The molecule has 0 aliphatic heterocycles. The summed E-state index contributed by atoms with van der Waals surface area (Å²) < 4.78 is 5.21. The van der Waals surface area contributed by atoms with Crippen LogP contribution in [-0.4, -0.2) is 29.5 Å². The first-order chi connectivity index (χ1) is 13.6. The molecule has 1 amide bonds. The van der Waals surface area contributed by atoms with Crippen LogP contribution in [-0.2, 0) is 14.3 Å². The number of carbonyl (C=O) groups is 3. The van der Waals surface area contributed by atoms with Gasteiger partial charge >= 0.3 is 5.97 Å². The Balaban J connectivity index is 2.06. The largest absolute Gasteiger partial charge is 0.454 e. The summed E-state index contributed by atoms with van der Waals surface area (Å²) in [5.74, 6) is -0.880. The molecule has 29 heavy (non-hydrogen) atoms. The fraction of sp³-hybridized carbons (Fsp3) is 0.348. The number of hydrogen-bond donors (Lipinski definition) is 1. The first-order valence-electron chi connectivity index (χ1n) is 9.42. The molecular weight excluding hydrogens is 386 g/mol. The molecule has 0 aliphatic carbocycles. The zero-order valence-corrected chi connectivity index (χ0v) is 18.3. The smallest absolute Gasteiger partial charge is 0.339 e. The van der Waals surface area contributed by atoms with Crippen LogP contribution in [0.1, 0.15) is 43.6 Å². The van der Waals surface area contributed by atoms with E-state index in [1.165, 1.54) is 11.8 Å². The van der Waals surface area contributed by atoms with Crippen LogP contribution in [0.4, 0.5) is 5.69 Å². The van der Waals surface area contributed by atoms with Gasteiger partial charge in [-0.25, -0.2) is 4.79 Å². The fourth-order valence-corrected chi connectivity index (χ4v) is 3.34. The van der Waals surface area contributed by atoms with E-state index in [0.29, 0.717) is 10.5 Å². The highest BCUT2D eigenvalue weighted by atomic mass is 32.2. The number of ketones is 1. The van der Waals surface area contributed by atoms with E-state index >= 15 is 0 Å². The van der Waals surface area contributed by atoms with Crippen LogP contribution in [0, 0.1) is 12.3 Å². The number of ether oxygens (including phenoxy) is 1. The lowest BCUT2D eigenvalue weighted by Gasteiger charge is -2.17. The second-order valence-electron chi connectivity index (χ2n) is 7.81. The highest BCUT2D eigenvalue weighted by Crippen LogP contribution is 2.28. The Morgan fingerprint density at radius 1 is 1.03 bits per heavy atom. The van der Waals surface area contributed by atoms with Crippen molar-refractivity contribution in [2.45, 2.75) is 44.8 Å². The molecule has 0 heterocycles. The number of aryl methyl sites for hydroxylation is 1. The summed E-state index contributed by atoms with van der Waals surface area (Å²) in [4.78, 5) is 37.7. The number of para-hydroxylation sites is 1. The Morgan fingerprint density at radius 3 is 2.31 bits per heavy atom. The standard InChI is InChI=1S/C23H27NO4S/c1-15-10-6-8-12-18(15)24-21(26)16(2)29-19-13-9-7-11-17(19)22(27)28-14-20(25)23(3,4)5/h6-13,16H,14H2,1-5H3,(H,24,26). The predicted octanol–water partition coefficient (Wildman–Crippen LogP) is 4.89. The van der Waals surface area contributed by atoms with Crippen molar-refractivity contribution in [2.75, 3.05) is 11.9 Å². The van der Waals surface area contributed by atoms with Crippen LogP contribution in [0.25, 0.3) is 0 Å². The first kappa shape index (κ1) is 22.7. The van der Waals surface area contributed by atoms with Crippen LogP contribution >= 0.6 is 11.8 Å². The third-order valence-electron chi connectivity index (χ3n) is 4.35. The SMILES string of the molecule is Cc1ccccc1NC(=O)C(C)Sc1ccccc1C(=O)OCC(=O)C(C)(C)C. The minimum Gasteiger partial charge on any atom is -0.454 e. The molecule has 0 aliphatic rings. The highest BCUT2D eigenvalue weighted by molar-refractivity contribution is 8.00. The van der Waals surface area contributed by atoms with Gasteiger partial charge < -0.3 is 10.1 Å². The third kappa shape index (κ3) is 6.46. The van der Waals surface area contributed by atoms with Crippen LogP contribution in [0.3, 0.4) is 0 Å². The third-order valence-corrected chi connectivity index (χ3v) is 5.53. The van der Waals surface area contributed by atoms with Crippen molar-refractivity contribution in [3.8, 4) is 0 Å². The zero-order valence-electron chi connectivity index (χ0n) is 17.4. The number of Topliss-reactive ketones (excluding diaryl/α,β-unsaturated/α-hetero) is 1. The maximum Gasteiger partial charge on any atom is 0.339 e. The molecule has 1 unspecified atom stereocenters. The van der Waals surface area contributed by atoms with Crippen molar-refractivity contribution in [1.82, 2.24) is 0 Å². The first-order valence-corrected chi connectivity index (χ1v) is 10.3. The predicted molar refractivity (Wildman–Crippen MR) is 116 cm³/mol. The summed E-state index contributed by atoms with van der Waals surface area (Å²) in [7, 11) is 0. The molecule has 2 rings (SSSR count). The molecule has 0 aromatic heterocycles. The van der Waals surface area contributed by atoms with E-state index in [1.54, 1.807) is 52.0 Å². The Labute approximate surface area is 176 Å². The topological polar surface area (TPSA) is 72.5 Å². The molecule has 0 saturated carbocycles. The number of carbonyl (C=O) groups excluding carboxylic acids is 3. The van der Waals surface area contributed by atoms with Crippen LogP contribution in [0.5, 0.6) is 0 Å². The Hall–Kier alpha value is -2.60. The van der Waals surface area contributed by atoms with Gasteiger partial charge in [0.15, 0.2) is 12.4 Å². The van der Waals surface area contributed by atoms with E-state index in [4.69, 9.17) is 4.74 Å². The van der Waals surface area contributed by atoms with Crippen LogP contribution in [0.2, 0.25) is 0 Å². The van der Waals surface area contributed by atoms with E-state index < -0.39 is 16.6 Å². The number of hydrogen-bond acceptors (Lipinski definition) is 5. The summed E-state index contributed by atoms with van der Waals surface area (Å²) in [6, 6.07) is 14.5. The molecule has 0 radical (unpaired) electrons. The lowest BCUT2D eigenvalue weighted by atomic mass is 9.91. The summed E-state index contributed by atoms with van der Waals surface area (Å²) in [5.41, 5.74) is 1.51. The molecule has 6 heteroatoms. The second-order valence-corrected chi connectivity index (χ2v) is 9.19. The monoisotopic (exact) mass is 413 g/mol. The van der Waals surface area contributed by atoms with Gasteiger partial charge in [-0.1, -0.05) is 51.1 Å². The van der Waals surface area contributed by atoms with Gasteiger partial charge in [-0.3, -0.25) is 9.59 Å². The minimum absolute atomic E-state index is 0.151. The van der Waals surface area contributed by atoms with Gasteiger partial charge in [-0.15, -0.1) is 11.8 Å². The number of benzene rings is 2. The molecular formula is C23H27NO4S. The van der Waals surface area contributed by atoms with E-state index in [2.05, 4.69) is 5.32 Å². The van der Waals surface area contributed by atoms with Crippen molar-refractivity contribution in [2.24, 2.45) is 5.41 Å². The molecule has 2 aromatic carbocycles. The number of rotatable bonds is 7. The van der Waals surface area contributed by atoms with Gasteiger partial charge in [0.05, 0.1) is 10.8 Å². The van der Waals surface area contributed by atoms with Gasteiger partial charge in [-0.05, 0) is 37.6 Å². The average Bonchev–Trinajstić information content (AvgIpc) is 2.67. The van der Waals surface area contributed by atoms with Crippen LogP contribution < -0.4 is 5.32 Å². The van der Waals surface area contributed by atoms with E-state index in [1.807, 2.05) is 31.2 Å². The second kappa shape index (κ2) is 9.74. The molecule has 0 fully saturated rings. The van der Waals surface area contributed by atoms with Crippen molar-refractivity contribution < 1.29 is 19.1 Å². The maximum atomic E-state index is 12.6. The zero-order chi connectivity index (χ0) is 21.6. The van der Waals surface area contributed by atoms with Gasteiger partial charge in [-0.2, -0.15) is 0 Å². The van der Waals surface area contributed by atoms with Gasteiger partial charge in [0.1, 0.15) is 0 Å². The Bertz CT molecular complexity index is 902. The van der Waals surface area contributed by atoms with E-state index in [0.717, 1.165) is 11.3 Å². The van der Waals surface area contributed by atoms with Crippen LogP contribution in [0.15, 0.2) is 53.4 Å². The fourth-order valence-electron chi connectivity index (χ4n) is 2.35. The lowest BCUT2D eigenvalue weighted by Crippen LogP contribution is -2.26. The van der Waals surface area contributed by atoms with E-state index in [9.17, 15) is 14.4 Å². The quantitative estimate of drug-likeness (QED) is 0.517. The molecule has 2 aromatic rings. The van der Waals surface area contributed by atoms with E-state index in [-0.39, 0.29) is 18.3 Å². The molecule has 1 atom stereocenters. The number of amides is 1. The van der Waals surface area contributed by atoms with Crippen molar-refractivity contribution in [3.05, 3.63) is 59.7 Å². The molecule has 1 N–H and O–H groups in total. The van der Waals surface area contributed by atoms with Gasteiger partial charge in [0, 0.05) is 16.0 Å². The molecule has 0 saturated heterocycles. The summed E-state index contributed by atoms with van der Waals surface area (Å²) in [6.45, 7) is 8.77. The molecule has 0 bridgehead atoms. The van der Waals surface area contributed by atoms with Gasteiger partial charge in [0.2, 0.25) is 5.91 Å². The molecule has 0 spiro atoms. The molecule has 5 nitrogen and oxygen atoms in total. The summed E-state index contributed by atoms with van der Waals surface area (Å²) in [5, 5.41) is 2.48. The summed E-state index contributed by atoms with van der Waals surface area (Å²) in [6.07, 6.45) is 0. The number of anilines is 1. The van der Waals surface area contributed by atoms with Crippen molar-refractivity contribution in [3.63, 3.8) is 0 Å². The minimum atomic E-state index is -0.573. The number of nitrogens with one attached hydrogen (secondary N) is 1. The normalized spacial score (nSPS) is 12.2. The summed E-state index contributed by atoms with van der Waals surface area (Å²) >= 11 is 1.27.